The van der Waals surface area contributed by atoms with Crippen LogP contribution in [0.1, 0.15) is 49.1 Å². The molecule has 0 saturated carbocycles. The minimum Gasteiger partial charge on any atom is -0.481 e. The summed E-state index contributed by atoms with van der Waals surface area (Å²) < 4.78 is 5.63. The molecule has 182 valence electrons. The van der Waals surface area contributed by atoms with E-state index in [0.29, 0.717) is 13.0 Å². The van der Waals surface area contributed by atoms with Crippen molar-refractivity contribution in [2.75, 3.05) is 13.2 Å². The molecule has 0 aromatic heterocycles. The molecule has 2 aromatic rings. The van der Waals surface area contributed by atoms with E-state index >= 15 is 0 Å². The number of carbonyl (C=O) groups is 3. The van der Waals surface area contributed by atoms with E-state index in [-0.39, 0.29) is 42.9 Å². The molecule has 2 N–H and O–H groups in total. The summed E-state index contributed by atoms with van der Waals surface area (Å²) >= 11 is 0. The number of ether oxygens (including phenoxy) is 1. The third kappa shape index (κ3) is 4.81. The number of carboxylic acids is 1. The van der Waals surface area contributed by atoms with Gasteiger partial charge in [0.05, 0.1) is 18.4 Å². The number of rotatable bonds is 6. The summed E-state index contributed by atoms with van der Waals surface area (Å²) in [4.78, 5) is 38.6. The van der Waals surface area contributed by atoms with E-state index in [4.69, 9.17) is 4.74 Å². The number of benzene rings is 2. The van der Waals surface area contributed by atoms with Crippen molar-refractivity contribution in [3.63, 3.8) is 0 Å². The first kappa shape index (κ1) is 23.1. The number of carbonyl (C=O) groups excluding carboxylic acids is 2. The van der Waals surface area contributed by atoms with Crippen molar-refractivity contribution in [3.05, 3.63) is 71.8 Å². The highest BCUT2D eigenvalue weighted by Gasteiger charge is 2.35. The number of nitrogens with zero attached hydrogens (tertiary/aromatic N) is 1. The van der Waals surface area contributed by atoms with Crippen molar-refractivity contribution in [1.82, 2.24) is 10.2 Å². The lowest BCUT2D eigenvalue weighted by Gasteiger charge is -2.36. The van der Waals surface area contributed by atoms with Gasteiger partial charge in [-0.2, -0.15) is 0 Å². The van der Waals surface area contributed by atoms with Crippen molar-refractivity contribution in [3.8, 4) is 11.1 Å². The monoisotopic (exact) mass is 474 g/mol. The Morgan fingerprint density at radius 3 is 2.34 bits per heavy atom. The maximum absolute atomic E-state index is 13.1. The fraction of sp³-hybridized carbons (Fsp3) is 0.393. The van der Waals surface area contributed by atoms with E-state index in [1.807, 2.05) is 36.4 Å². The fourth-order valence-corrected chi connectivity index (χ4v) is 5.70. The summed E-state index contributed by atoms with van der Waals surface area (Å²) in [5.41, 5.74) is 4.67. The van der Waals surface area contributed by atoms with E-state index in [1.165, 1.54) is 11.1 Å². The quantitative estimate of drug-likeness (QED) is 0.608. The van der Waals surface area contributed by atoms with Crippen LogP contribution in [0.5, 0.6) is 0 Å². The second kappa shape index (κ2) is 9.94. The van der Waals surface area contributed by atoms with Crippen LogP contribution in [-0.4, -0.2) is 53.2 Å². The first-order valence-electron chi connectivity index (χ1n) is 12.3. The zero-order valence-electron chi connectivity index (χ0n) is 19.6. The number of hydrogen-bond donors (Lipinski definition) is 2. The van der Waals surface area contributed by atoms with Crippen molar-refractivity contribution in [2.45, 2.75) is 50.1 Å². The second-order valence-electron chi connectivity index (χ2n) is 9.58. The highest BCUT2D eigenvalue weighted by Crippen LogP contribution is 2.44. The normalized spacial score (nSPS) is 23.0. The van der Waals surface area contributed by atoms with Crippen LogP contribution in [0, 0.1) is 5.92 Å². The molecule has 1 fully saturated rings. The number of carboxylic acid groups (broad SMARTS) is 1. The van der Waals surface area contributed by atoms with Gasteiger partial charge in [-0.1, -0.05) is 60.7 Å². The van der Waals surface area contributed by atoms with Crippen molar-refractivity contribution in [1.29, 1.82) is 0 Å². The van der Waals surface area contributed by atoms with Crippen LogP contribution < -0.4 is 5.32 Å². The molecule has 2 aromatic carbocycles. The third-order valence-corrected chi connectivity index (χ3v) is 7.37. The summed E-state index contributed by atoms with van der Waals surface area (Å²) in [5.74, 6) is -1.30. The standard InChI is InChI=1S/C28H30N2O5/c31-26(32)16-20-7-5-6-14-30(20)27(33)18-12-13-19(15-18)29-28(34)35-17-25-23-10-3-1-8-21(23)22-9-2-4-11-24(22)25/h1-4,8-13,18-20,25H,5-7,14-17H2,(H,29,34)(H,31,32)/t18?,19?,20-/m0/s1. The molecule has 2 aliphatic carbocycles. The summed E-state index contributed by atoms with van der Waals surface area (Å²) in [5, 5.41) is 12.1. The molecule has 1 saturated heterocycles. The predicted octanol–water partition coefficient (Wildman–Crippen LogP) is 4.33. The third-order valence-electron chi connectivity index (χ3n) is 7.37. The van der Waals surface area contributed by atoms with E-state index < -0.39 is 12.1 Å². The van der Waals surface area contributed by atoms with Gasteiger partial charge in [-0.3, -0.25) is 9.59 Å². The van der Waals surface area contributed by atoms with Crippen LogP contribution in [0.4, 0.5) is 4.79 Å². The summed E-state index contributed by atoms with van der Waals surface area (Å²) in [6.07, 6.45) is 6.13. The zero-order valence-corrected chi connectivity index (χ0v) is 19.6. The van der Waals surface area contributed by atoms with Gasteiger partial charge in [-0.15, -0.1) is 0 Å². The Bertz CT molecular complexity index is 1110. The zero-order chi connectivity index (χ0) is 24.4. The molecule has 2 amide bonds. The van der Waals surface area contributed by atoms with Gasteiger partial charge in [0.25, 0.3) is 0 Å². The van der Waals surface area contributed by atoms with Gasteiger partial charge in [0.15, 0.2) is 0 Å². The topological polar surface area (TPSA) is 95.9 Å². The second-order valence-corrected chi connectivity index (χ2v) is 9.58. The molecule has 3 atom stereocenters. The van der Waals surface area contributed by atoms with Gasteiger partial charge < -0.3 is 20.1 Å². The minimum atomic E-state index is -0.883. The summed E-state index contributed by atoms with van der Waals surface area (Å²) in [6, 6.07) is 15.8. The Hall–Kier alpha value is -3.61. The number of amides is 2. The Labute approximate surface area is 204 Å². The first-order chi connectivity index (χ1) is 17.0. The Morgan fingerprint density at radius 1 is 0.971 bits per heavy atom. The van der Waals surface area contributed by atoms with E-state index in [9.17, 15) is 19.5 Å². The van der Waals surface area contributed by atoms with Crippen molar-refractivity contribution in [2.24, 2.45) is 5.92 Å². The average Bonchev–Trinajstić information content (AvgIpc) is 3.45. The smallest absolute Gasteiger partial charge is 0.407 e. The minimum absolute atomic E-state index is 0.00753. The molecule has 0 spiro atoms. The molecule has 1 aliphatic heterocycles. The number of nitrogens with one attached hydrogen (secondary N) is 1. The number of aliphatic carboxylic acids is 1. The predicted molar refractivity (Wildman–Crippen MR) is 131 cm³/mol. The van der Waals surface area contributed by atoms with Gasteiger partial charge >= 0.3 is 12.1 Å². The molecule has 2 unspecified atom stereocenters. The van der Waals surface area contributed by atoms with Crippen LogP contribution >= 0.6 is 0 Å². The number of fused-ring (bicyclic) bond motifs is 3. The molecular formula is C28H30N2O5. The molecule has 7 nitrogen and oxygen atoms in total. The maximum atomic E-state index is 13.1. The lowest BCUT2D eigenvalue weighted by molar-refractivity contribution is -0.143. The molecule has 1 heterocycles. The summed E-state index contributed by atoms with van der Waals surface area (Å²) in [7, 11) is 0. The van der Waals surface area contributed by atoms with E-state index in [0.717, 1.165) is 30.4 Å². The molecule has 0 bridgehead atoms. The number of hydrogen-bond acceptors (Lipinski definition) is 4. The van der Waals surface area contributed by atoms with Crippen molar-refractivity contribution < 1.29 is 24.2 Å². The van der Waals surface area contributed by atoms with E-state index in [2.05, 4.69) is 29.6 Å². The lowest BCUT2D eigenvalue weighted by Crippen LogP contribution is -2.47. The molecule has 5 rings (SSSR count). The van der Waals surface area contributed by atoms with Crippen LogP contribution in [0.3, 0.4) is 0 Å². The van der Waals surface area contributed by atoms with Gasteiger partial charge in [0, 0.05) is 18.5 Å². The van der Waals surface area contributed by atoms with Gasteiger partial charge in [-0.25, -0.2) is 4.79 Å². The average molecular weight is 475 g/mol. The van der Waals surface area contributed by atoms with Gasteiger partial charge in [0.1, 0.15) is 6.61 Å². The highest BCUT2D eigenvalue weighted by molar-refractivity contribution is 5.83. The molecule has 3 aliphatic rings. The van der Waals surface area contributed by atoms with Crippen LogP contribution in [0.15, 0.2) is 60.7 Å². The first-order valence-corrected chi connectivity index (χ1v) is 12.3. The van der Waals surface area contributed by atoms with Crippen LogP contribution in [0.2, 0.25) is 0 Å². The van der Waals surface area contributed by atoms with Gasteiger partial charge in [0.2, 0.25) is 5.91 Å². The van der Waals surface area contributed by atoms with Crippen LogP contribution in [-0.2, 0) is 14.3 Å². The maximum Gasteiger partial charge on any atom is 0.407 e. The van der Waals surface area contributed by atoms with Crippen LogP contribution in [0.25, 0.3) is 11.1 Å². The number of likely N-dealkylation sites (tertiary alicyclic amines) is 1. The molecule has 35 heavy (non-hydrogen) atoms. The highest BCUT2D eigenvalue weighted by atomic mass is 16.5. The lowest BCUT2D eigenvalue weighted by atomic mass is 9.96. The Balaban J connectivity index is 1.15. The SMILES string of the molecule is O=C(O)C[C@@H]1CCCCN1C(=O)C1C=CC(NC(=O)OCC2c3ccccc3-c3ccccc32)C1. The van der Waals surface area contributed by atoms with E-state index in [1.54, 1.807) is 4.90 Å². The Morgan fingerprint density at radius 2 is 1.66 bits per heavy atom. The Kier molecular flexibility index (Phi) is 6.57. The molecule has 0 radical (unpaired) electrons. The summed E-state index contributed by atoms with van der Waals surface area (Å²) in [6.45, 7) is 0.828. The van der Waals surface area contributed by atoms with Crippen molar-refractivity contribution >= 4 is 18.0 Å². The number of piperidine rings is 1. The number of alkyl carbamates (subject to hydrolysis) is 1. The molecular weight excluding hydrogens is 444 g/mol. The fourth-order valence-electron chi connectivity index (χ4n) is 5.70. The molecule has 7 heteroatoms. The largest absolute Gasteiger partial charge is 0.481 e. The van der Waals surface area contributed by atoms with Gasteiger partial charge in [-0.05, 0) is 47.9 Å².